The Kier molecular flexibility index (Phi) is 4.57. The molecule has 1 amide bonds. The number of pyridine rings is 1. The summed E-state index contributed by atoms with van der Waals surface area (Å²) < 4.78 is 0. The molecule has 0 unspecified atom stereocenters. The van der Waals surface area contributed by atoms with Crippen LogP contribution in [0.25, 0.3) is 0 Å². The normalized spacial score (nSPS) is 16.7. The van der Waals surface area contributed by atoms with Gasteiger partial charge in [-0.25, -0.2) is 4.98 Å². The van der Waals surface area contributed by atoms with Gasteiger partial charge in [-0.05, 0) is 18.6 Å². The molecule has 0 spiro atoms. The molecule has 0 bridgehead atoms. The average Bonchev–Trinajstić information content (AvgIpc) is 2.92. The van der Waals surface area contributed by atoms with Gasteiger partial charge in [0.1, 0.15) is 5.69 Å². The second-order valence-corrected chi connectivity index (χ2v) is 5.84. The fourth-order valence-electron chi connectivity index (χ4n) is 2.53. The van der Waals surface area contributed by atoms with Crippen LogP contribution in [-0.2, 0) is 6.54 Å². The first-order valence-corrected chi connectivity index (χ1v) is 8.07. The van der Waals surface area contributed by atoms with Crippen LogP contribution in [0.15, 0.2) is 35.3 Å². The van der Waals surface area contributed by atoms with Gasteiger partial charge in [-0.3, -0.25) is 14.7 Å². The molecule has 6 heteroatoms. The highest BCUT2D eigenvalue weighted by atomic mass is 32.1. The smallest absolute Gasteiger partial charge is 0.272 e. The predicted molar refractivity (Wildman–Crippen MR) is 82.1 cm³/mol. The summed E-state index contributed by atoms with van der Waals surface area (Å²) in [7, 11) is 0. The van der Waals surface area contributed by atoms with E-state index < -0.39 is 0 Å². The molecule has 0 aromatic carbocycles. The van der Waals surface area contributed by atoms with E-state index in [0.29, 0.717) is 5.69 Å². The van der Waals surface area contributed by atoms with E-state index in [0.717, 1.165) is 44.8 Å². The van der Waals surface area contributed by atoms with Gasteiger partial charge < -0.3 is 4.90 Å². The third-order valence-corrected chi connectivity index (χ3v) is 4.26. The Bertz CT molecular complexity index is 573. The Labute approximate surface area is 128 Å². The SMILES string of the molecule is O=C(c1ccccn1)N1CCCN(Cc2cscn2)CC1. The van der Waals surface area contributed by atoms with Gasteiger partial charge in [0.2, 0.25) is 0 Å². The molecule has 0 aliphatic carbocycles. The van der Waals surface area contributed by atoms with Crippen molar-refractivity contribution in [2.75, 3.05) is 26.2 Å². The molecule has 1 aliphatic rings. The fraction of sp³-hybridized carbons (Fsp3) is 0.400. The largest absolute Gasteiger partial charge is 0.336 e. The number of hydrogen-bond acceptors (Lipinski definition) is 5. The molecule has 21 heavy (non-hydrogen) atoms. The molecule has 3 rings (SSSR count). The monoisotopic (exact) mass is 302 g/mol. The highest BCUT2D eigenvalue weighted by Gasteiger charge is 2.21. The quantitative estimate of drug-likeness (QED) is 0.869. The van der Waals surface area contributed by atoms with E-state index in [2.05, 4.69) is 20.2 Å². The van der Waals surface area contributed by atoms with E-state index >= 15 is 0 Å². The summed E-state index contributed by atoms with van der Waals surface area (Å²) in [4.78, 5) is 25.2. The lowest BCUT2D eigenvalue weighted by atomic mass is 10.3. The highest BCUT2D eigenvalue weighted by molar-refractivity contribution is 7.07. The topological polar surface area (TPSA) is 49.3 Å². The van der Waals surface area contributed by atoms with E-state index in [1.54, 1.807) is 23.6 Å². The van der Waals surface area contributed by atoms with Crippen molar-refractivity contribution in [3.8, 4) is 0 Å². The van der Waals surface area contributed by atoms with E-state index in [1.807, 2.05) is 22.5 Å². The molecule has 110 valence electrons. The van der Waals surface area contributed by atoms with Crippen LogP contribution in [0.3, 0.4) is 0 Å². The molecule has 1 fully saturated rings. The summed E-state index contributed by atoms with van der Waals surface area (Å²) in [5.41, 5.74) is 3.51. The summed E-state index contributed by atoms with van der Waals surface area (Å²) in [5, 5.41) is 2.09. The number of carbonyl (C=O) groups is 1. The number of nitrogens with zero attached hydrogens (tertiary/aromatic N) is 4. The number of amides is 1. The van der Waals surface area contributed by atoms with Crippen LogP contribution in [0.4, 0.5) is 0 Å². The number of carbonyl (C=O) groups excluding carboxylic acids is 1. The van der Waals surface area contributed by atoms with E-state index in [4.69, 9.17) is 0 Å². The summed E-state index contributed by atoms with van der Waals surface area (Å²) in [6.45, 7) is 4.30. The van der Waals surface area contributed by atoms with Gasteiger partial charge in [-0.15, -0.1) is 11.3 Å². The summed E-state index contributed by atoms with van der Waals surface area (Å²) >= 11 is 1.63. The summed E-state index contributed by atoms with van der Waals surface area (Å²) in [6, 6.07) is 5.46. The van der Waals surface area contributed by atoms with Crippen molar-refractivity contribution in [1.29, 1.82) is 0 Å². The molecule has 5 nitrogen and oxygen atoms in total. The van der Waals surface area contributed by atoms with Gasteiger partial charge in [0.05, 0.1) is 11.2 Å². The van der Waals surface area contributed by atoms with E-state index in [9.17, 15) is 4.79 Å². The van der Waals surface area contributed by atoms with E-state index in [-0.39, 0.29) is 5.91 Å². The molecule has 0 saturated carbocycles. The van der Waals surface area contributed by atoms with Crippen molar-refractivity contribution >= 4 is 17.2 Å². The van der Waals surface area contributed by atoms with Gasteiger partial charge in [0.25, 0.3) is 5.91 Å². The minimum Gasteiger partial charge on any atom is -0.336 e. The molecular weight excluding hydrogens is 284 g/mol. The average molecular weight is 302 g/mol. The van der Waals surface area contributed by atoms with Gasteiger partial charge in [0.15, 0.2) is 0 Å². The number of aromatic nitrogens is 2. The van der Waals surface area contributed by atoms with Gasteiger partial charge in [-0.2, -0.15) is 0 Å². The Morgan fingerprint density at radius 1 is 1.19 bits per heavy atom. The molecule has 0 N–H and O–H groups in total. The van der Waals surface area contributed by atoms with Crippen molar-refractivity contribution in [3.05, 3.63) is 46.7 Å². The first-order valence-electron chi connectivity index (χ1n) is 7.12. The van der Waals surface area contributed by atoms with Crippen LogP contribution in [0.5, 0.6) is 0 Å². The molecule has 3 heterocycles. The third-order valence-electron chi connectivity index (χ3n) is 3.63. The first kappa shape index (κ1) is 14.2. The van der Waals surface area contributed by atoms with Crippen LogP contribution in [0.2, 0.25) is 0 Å². The zero-order valence-electron chi connectivity index (χ0n) is 11.8. The lowest BCUT2D eigenvalue weighted by Gasteiger charge is -2.21. The molecule has 1 aliphatic heterocycles. The van der Waals surface area contributed by atoms with Crippen molar-refractivity contribution in [1.82, 2.24) is 19.8 Å². The zero-order valence-corrected chi connectivity index (χ0v) is 12.6. The molecule has 1 saturated heterocycles. The van der Waals surface area contributed by atoms with Crippen molar-refractivity contribution in [2.45, 2.75) is 13.0 Å². The molecule has 0 radical (unpaired) electrons. The minimum atomic E-state index is 0.0334. The standard InChI is InChI=1S/C15H18N4OS/c20-15(14-4-1-2-5-16-14)19-7-3-6-18(8-9-19)10-13-11-21-12-17-13/h1-2,4-5,11-12H,3,6-10H2. The maximum Gasteiger partial charge on any atom is 0.272 e. The number of hydrogen-bond donors (Lipinski definition) is 0. The Balaban J connectivity index is 1.59. The minimum absolute atomic E-state index is 0.0334. The number of thiazole rings is 1. The first-order chi connectivity index (χ1) is 10.3. The Morgan fingerprint density at radius 3 is 2.90 bits per heavy atom. The van der Waals surface area contributed by atoms with E-state index in [1.165, 1.54) is 0 Å². The number of rotatable bonds is 3. The van der Waals surface area contributed by atoms with Crippen LogP contribution in [-0.4, -0.2) is 51.9 Å². The van der Waals surface area contributed by atoms with Gasteiger partial charge in [-0.1, -0.05) is 6.07 Å². The maximum absolute atomic E-state index is 12.4. The van der Waals surface area contributed by atoms with Gasteiger partial charge in [0, 0.05) is 44.3 Å². The molecule has 0 atom stereocenters. The van der Waals surface area contributed by atoms with Crippen LogP contribution in [0, 0.1) is 0 Å². The van der Waals surface area contributed by atoms with Crippen molar-refractivity contribution in [2.24, 2.45) is 0 Å². The Morgan fingerprint density at radius 2 is 2.14 bits per heavy atom. The zero-order chi connectivity index (χ0) is 14.5. The van der Waals surface area contributed by atoms with Gasteiger partial charge >= 0.3 is 0 Å². The predicted octanol–water partition coefficient (Wildman–Crippen LogP) is 1.89. The summed E-state index contributed by atoms with van der Waals surface area (Å²) in [6.07, 6.45) is 2.66. The highest BCUT2D eigenvalue weighted by Crippen LogP contribution is 2.11. The molecular formula is C15H18N4OS. The second kappa shape index (κ2) is 6.78. The molecule has 2 aromatic rings. The van der Waals surface area contributed by atoms with Crippen LogP contribution in [0.1, 0.15) is 22.6 Å². The molecule has 2 aromatic heterocycles. The van der Waals surface area contributed by atoms with Crippen molar-refractivity contribution < 1.29 is 4.79 Å². The lowest BCUT2D eigenvalue weighted by molar-refractivity contribution is 0.0755. The van der Waals surface area contributed by atoms with Crippen LogP contribution >= 0.6 is 11.3 Å². The summed E-state index contributed by atoms with van der Waals surface area (Å²) in [5.74, 6) is 0.0334. The van der Waals surface area contributed by atoms with Crippen molar-refractivity contribution in [3.63, 3.8) is 0 Å². The Hall–Kier alpha value is -1.79. The fourth-order valence-corrected chi connectivity index (χ4v) is 3.08. The van der Waals surface area contributed by atoms with Crippen LogP contribution < -0.4 is 0 Å². The maximum atomic E-state index is 12.4. The lowest BCUT2D eigenvalue weighted by Crippen LogP contribution is -2.35. The third kappa shape index (κ3) is 3.65. The second-order valence-electron chi connectivity index (χ2n) is 5.12.